The molecule has 0 aromatic carbocycles. The summed E-state index contributed by atoms with van der Waals surface area (Å²) in [6.07, 6.45) is 2.59. The fourth-order valence-electron chi connectivity index (χ4n) is 3.14. The van der Waals surface area contributed by atoms with E-state index < -0.39 is 16.1 Å². The van der Waals surface area contributed by atoms with Crippen molar-refractivity contribution in [3.63, 3.8) is 0 Å². The normalized spacial score (nSPS) is 11.9. The maximum atomic E-state index is 12.4. The van der Waals surface area contributed by atoms with Crippen molar-refractivity contribution in [2.45, 2.75) is 27.2 Å². The number of rotatable bonds is 7. The molecule has 0 saturated carbocycles. The van der Waals surface area contributed by atoms with Gasteiger partial charge in [0.25, 0.3) is 0 Å². The fraction of sp³-hybridized carbons (Fsp3) is 0.421. The summed E-state index contributed by atoms with van der Waals surface area (Å²) in [5, 5.41) is 5.82. The van der Waals surface area contributed by atoms with E-state index in [2.05, 4.69) is 10.1 Å². The molecule has 0 unspecified atom stereocenters. The number of hydrogen-bond acceptors (Lipinski definition) is 6. The predicted molar refractivity (Wildman–Crippen MR) is 114 cm³/mol. The second-order valence-corrected chi connectivity index (χ2v) is 9.70. The lowest BCUT2D eigenvalue weighted by Crippen LogP contribution is -2.34. The zero-order valence-electron chi connectivity index (χ0n) is 17.2. The van der Waals surface area contributed by atoms with Crippen LogP contribution in [0.3, 0.4) is 0 Å². The third kappa shape index (κ3) is 4.93. The third-order valence-corrected chi connectivity index (χ3v) is 5.87. The molecule has 3 aromatic rings. The lowest BCUT2D eigenvalue weighted by Gasteiger charge is -2.11. The Kier molecular flexibility index (Phi) is 6.37. The molecule has 9 nitrogen and oxygen atoms in total. The number of carbonyl (C=O) groups is 1. The van der Waals surface area contributed by atoms with Crippen molar-refractivity contribution in [3.8, 4) is 5.82 Å². The molecule has 11 heteroatoms. The molecule has 162 valence electrons. The van der Waals surface area contributed by atoms with Crippen molar-refractivity contribution in [1.29, 1.82) is 0 Å². The third-order valence-electron chi connectivity index (χ3n) is 4.44. The molecular weight excluding hydrogens is 430 g/mol. The van der Waals surface area contributed by atoms with Crippen LogP contribution in [0.1, 0.15) is 25.1 Å². The lowest BCUT2D eigenvalue weighted by atomic mass is 10.2. The van der Waals surface area contributed by atoms with Gasteiger partial charge in [0, 0.05) is 30.4 Å². The summed E-state index contributed by atoms with van der Waals surface area (Å²) in [5.74, 6) is 0.524. The van der Waals surface area contributed by atoms with Crippen LogP contribution in [0, 0.1) is 12.8 Å². The van der Waals surface area contributed by atoms with Gasteiger partial charge in [-0.15, -0.1) is 0 Å². The van der Waals surface area contributed by atoms with E-state index in [0.717, 1.165) is 10.9 Å². The quantitative estimate of drug-likeness (QED) is 0.589. The molecule has 0 bridgehead atoms. The molecule has 0 fully saturated rings. The van der Waals surface area contributed by atoms with E-state index in [0.29, 0.717) is 22.2 Å². The highest BCUT2D eigenvalue weighted by Crippen LogP contribution is 2.25. The van der Waals surface area contributed by atoms with Crippen molar-refractivity contribution in [3.05, 3.63) is 40.8 Å². The molecule has 3 aromatic heterocycles. The monoisotopic (exact) mass is 453 g/mol. The number of nitrogens with one attached hydrogen (secondary N) is 1. The Morgan fingerprint density at radius 1 is 1.37 bits per heavy atom. The zero-order chi connectivity index (χ0) is 22.1. The summed E-state index contributed by atoms with van der Waals surface area (Å²) in [4.78, 5) is 16.1. The van der Waals surface area contributed by atoms with Gasteiger partial charge in [-0.05, 0) is 31.4 Å². The van der Waals surface area contributed by atoms with Crippen molar-refractivity contribution in [2.24, 2.45) is 13.0 Å². The van der Waals surface area contributed by atoms with E-state index in [9.17, 15) is 13.2 Å². The number of halogens is 1. The fourth-order valence-corrected chi connectivity index (χ4v) is 4.19. The number of aryl methyl sites for hydroxylation is 2. The molecule has 0 aliphatic carbocycles. The van der Waals surface area contributed by atoms with Crippen LogP contribution in [-0.4, -0.2) is 46.2 Å². The van der Waals surface area contributed by atoms with Gasteiger partial charge in [0.2, 0.25) is 10.0 Å². The molecule has 3 rings (SSSR count). The van der Waals surface area contributed by atoms with Crippen LogP contribution in [0.25, 0.3) is 16.9 Å². The van der Waals surface area contributed by atoms with Crippen molar-refractivity contribution in [2.75, 3.05) is 12.4 Å². The summed E-state index contributed by atoms with van der Waals surface area (Å²) in [6, 6.07) is 3.68. The Hall–Kier alpha value is -2.59. The van der Waals surface area contributed by atoms with Gasteiger partial charge in [-0.2, -0.15) is 5.10 Å². The predicted octanol–water partition coefficient (Wildman–Crippen LogP) is 2.98. The Balaban J connectivity index is 1.83. The van der Waals surface area contributed by atoms with Crippen LogP contribution in [0.5, 0.6) is 0 Å². The number of pyridine rings is 1. The number of sulfonamides is 1. The van der Waals surface area contributed by atoms with Crippen LogP contribution >= 0.6 is 11.6 Å². The average Bonchev–Trinajstić information content (AvgIpc) is 3.17. The molecule has 0 aliphatic heterocycles. The highest BCUT2D eigenvalue weighted by molar-refractivity contribution is 7.90. The number of hydrogen-bond donors (Lipinski definition) is 1. The van der Waals surface area contributed by atoms with E-state index in [-0.39, 0.29) is 24.7 Å². The molecule has 1 N–H and O–H groups in total. The van der Waals surface area contributed by atoms with Gasteiger partial charge < -0.3 is 4.74 Å². The minimum absolute atomic E-state index is 0.110. The second-order valence-electron chi connectivity index (χ2n) is 7.43. The van der Waals surface area contributed by atoms with Gasteiger partial charge in [-0.3, -0.25) is 9.25 Å². The maximum absolute atomic E-state index is 12.4. The molecule has 0 aliphatic rings. The molecule has 1 amide bonds. The van der Waals surface area contributed by atoms with Gasteiger partial charge in [0.05, 0.1) is 23.1 Å². The molecule has 0 radical (unpaired) electrons. The molecule has 0 spiro atoms. The Morgan fingerprint density at radius 2 is 2.10 bits per heavy atom. The summed E-state index contributed by atoms with van der Waals surface area (Å²) >= 11 is 6.02. The minimum atomic E-state index is -3.87. The minimum Gasteiger partial charge on any atom is -0.449 e. The van der Waals surface area contributed by atoms with Gasteiger partial charge in [-0.1, -0.05) is 25.4 Å². The molecular formula is C19H24ClN5O4S. The SMILES string of the molecule is Cc1nn(C)c(-n2ccc3cc(Cl)cnc32)c1CCS(=O)(=O)NC(=O)OCC(C)C. The summed E-state index contributed by atoms with van der Waals surface area (Å²) in [7, 11) is -2.09. The number of amides is 1. The van der Waals surface area contributed by atoms with Crippen LogP contribution in [0.15, 0.2) is 24.5 Å². The van der Waals surface area contributed by atoms with Crippen LogP contribution in [0.2, 0.25) is 5.02 Å². The largest absolute Gasteiger partial charge is 0.449 e. The van der Waals surface area contributed by atoms with Crippen LogP contribution in [0.4, 0.5) is 4.79 Å². The first-order valence-corrected chi connectivity index (χ1v) is 11.4. The highest BCUT2D eigenvalue weighted by atomic mass is 35.5. The van der Waals surface area contributed by atoms with Crippen molar-refractivity contribution in [1.82, 2.24) is 24.1 Å². The smallest absolute Gasteiger partial charge is 0.420 e. The van der Waals surface area contributed by atoms with Gasteiger partial charge in [0.1, 0.15) is 11.5 Å². The van der Waals surface area contributed by atoms with Crippen LogP contribution < -0.4 is 4.72 Å². The summed E-state index contributed by atoms with van der Waals surface area (Å²) in [6.45, 7) is 5.68. The van der Waals surface area contributed by atoms with E-state index in [1.807, 2.05) is 42.3 Å². The number of carbonyl (C=O) groups excluding carboxylic acids is 1. The Morgan fingerprint density at radius 3 is 2.80 bits per heavy atom. The topological polar surface area (TPSA) is 108 Å². The number of ether oxygens (including phenoxy) is 1. The summed E-state index contributed by atoms with van der Waals surface area (Å²) in [5.41, 5.74) is 2.12. The van der Waals surface area contributed by atoms with Crippen molar-refractivity contribution < 1.29 is 17.9 Å². The number of nitrogens with zero attached hydrogens (tertiary/aromatic N) is 4. The number of fused-ring (bicyclic) bond motifs is 1. The molecule has 30 heavy (non-hydrogen) atoms. The molecule has 0 saturated heterocycles. The highest BCUT2D eigenvalue weighted by Gasteiger charge is 2.22. The molecule has 0 atom stereocenters. The first kappa shape index (κ1) is 22.1. The van der Waals surface area contributed by atoms with Crippen molar-refractivity contribution >= 4 is 38.8 Å². The average molecular weight is 454 g/mol. The first-order chi connectivity index (χ1) is 14.1. The summed E-state index contributed by atoms with van der Waals surface area (Å²) < 4.78 is 35.1. The zero-order valence-corrected chi connectivity index (χ0v) is 18.8. The molecule has 3 heterocycles. The first-order valence-electron chi connectivity index (χ1n) is 9.40. The van der Waals surface area contributed by atoms with Gasteiger partial charge in [-0.25, -0.2) is 22.9 Å². The number of aromatic nitrogens is 4. The lowest BCUT2D eigenvalue weighted by molar-refractivity contribution is 0.139. The van der Waals surface area contributed by atoms with E-state index in [4.69, 9.17) is 16.3 Å². The van der Waals surface area contributed by atoms with E-state index >= 15 is 0 Å². The van der Waals surface area contributed by atoms with E-state index in [1.165, 1.54) is 0 Å². The van der Waals surface area contributed by atoms with Gasteiger partial charge >= 0.3 is 6.09 Å². The maximum Gasteiger partial charge on any atom is 0.420 e. The Labute approximate surface area is 180 Å². The Bertz CT molecular complexity index is 1180. The van der Waals surface area contributed by atoms with Crippen LogP contribution in [-0.2, 0) is 28.2 Å². The van der Waals surface area contributed by atoms with E-state index in [1.54, 1.807) is 24.0 Å². The second kappa shape index (κ2) is 8.65. The van der Waals surface area contributed by atoms with Gasteiger partial charge in [0.15, 0.2) is 0 Å². The standard InChI is InChI=1S/C19H24ClN5O4S/c1-12(2)11-29-19(26)23-30(27,28)8-6-16-13(3)22-24(4)18(16)25-7-5-14-9-15(20)10-21-17(14)25/h5,7,9-10,12H,6,8,11H2,1-4H3,(H,23,26).